The third-order valence-corrected chi connectivity index (χ3v) is 5.80. The van der Waals surface area contributed by atoms with Crippen LogP contribution in [-0.4, -0.2) is 51.9 Å². The highest BCUT2D eigenvalue weighted by Gasteiger charge is 2.27. The van der Waals surface area contributed by atoms with Gasteiger partial charge in [-0.25, -0.2) is 9.67 Å². The van der Waals surface area contributed by atoms with Gasteiger partial charge in [0.25, 0.3) is 5.91 Å². The SMILES string of the molecule is CN(C[C@H]1COc2ccccc2O1)C(=O)c1nc(-c2cccs2)n(-c2ccccc2)n1. The zero-order valence-corrected chi connectivity index (χ0v) is 17.7. The van der Waals surface area contributed by atoms with Crippen LogP contribution in [0, 0.1) is 0 Å². The van der Waals surface area contributed by atoms with Crippen LogP contribution in [0.4, 0.5) is 0 Å². The summed E-state index contributed by atoms with van der Waals surface area (Å²) in [7, 11) is 1.72. The van der Waals surface area contributed by atoms with Crippen LogP contribution >= 0.6 is 11.3 Å². The van der Waals surface area contributed by atoms with E-state index in [0.29, 0.717) is 24.7 Å². The van der Waals surface area contributed by atoms with E-state index in [0.717, 1.165) is 16.3 Å². The number of aromatic nitrogens is 3. The molecule has 31 heavy (non-hydrogen) atoms. The van der Waals surface area contributed by atoms with E-state index in [-0.39, 0.29) is 17.8 Å². The zero-order valence-electron chi connectivity index (χ0n) is 16.8. The van der Waals surface area contributed by atoms with Crippen LogP contribution in [-0.2, 0) is 0 Å². The monoisotopic (exact) mass is 432 g/mol. The van der Waals surface area contributed by atoms with Crippen molar-refractivity contribution in [2.75, 3.05) is 20.2 Å². The molecule has 0 radical (unpaired) electrons. The number of likely N-dealkylation sites (N-methyl/N-ethyl adjacent to an activating group) is 1. The molecule has 156 valence electrons. The summed E-state index contributed by atoms with van der Waals surface area (Å²) < 4.78 is 13.4. The molecular formula is C23H20N4O3S. The van der Waals surface area contributed by atoms with Gasteiger partial charge in [-0.3, -0.25) is 4.79 Å². The van der Waals surface area contributed by atoms with Crippen molar-refractivity contribution in [3.63, 3.8) is 0 Å². The minimum atomic E-state index is -0.269. The summed E-state index contributed by atoms with van der Waals surface area (Å²) in [4.78, 5) is 20.2. The van der Waals surface area contributed by atoms with Crippen molar-refractivity contribution in [3.05, 3.63) is 77.9 Å². The lowest BCUT2D eigenvalue weighted by Crippen LogP contribution is -2.42. The Bertz CT molecular complexity index is 1190. The molecule has 1 aliphatic rings. The lowest BCUT2D eigenvalue weighted by Gasteiger charge is -2.29. The molecule has 0 bridgehead atoms. The summed E-state index contributed by atoms with van der Waals surface area (Å²) >= 11 is 1.56. The molecule has 1 aliphatic heterocycles. The van der Waals surface area contributed by atoms with Gasteiger partial charge in [0, 0.05) is 7.05 Å². The third kappa shape index (κ3) is 3.89. The van der Waals surface area contributed by atoms with Crippen LogP contribution in [0.3, 0.4) is 0 Å². The number of thiophene rings is 1. The Balaban J connectivity index is 1.38. The van der Waals surface area contributed by atoms with Gasteiger partial charge in [-0.1, -0.05) is 36.4 Å². The molecule has 2 aromatic carbocycles. The molecule has 0 saturated heterocycles. The first kappa shape index (κ1) is 19.3. The molecule has 2 aromatic heterocycles. The van der Waals surface area contributed by atoms with E-state index in [9.17, 15) is 4.79 Å². The average molecular weight is 433 g/mol. The number of benzene rings is 2. The molecule has 0 fully saturated rings. The van der Waals surface area contributed by atoms with E-state index in [1.807, 2.05) is 72.1 Å². The molecule has 0 saturated carbocycles. The normalized spacial score (nSPS) is 14.9. The quantitative estimate of drug-likeness (QED) is 0.478. The molecule has 4 aromatic rings. The van der Waals surface area contributed by atoms with Gasteiger partial charge in [0.2, 0.25) is 5.82 Å². The van der Waals surface area contributed by atoms with Gasteiger partial charge < -0.3 is 14.4 Å². The Hall–Kier alpha value is -3.65. The zero-order chi connectivity index (χ0) is 21.2. The van der Waals surface area contributed by atoms with Crippen molar-refractivity contribution in [1.82, 2.24) is 19.7 Å². The number of hydrogen-bond acceptors (Lipinski definition) is 6. The van der Waals surface area contributed by atoms with Crippen LogP contribution < -0.4 is 9.47 Å². The van der Waals surface area contributed by atoms with Crippen LogP contribution in [0.25, 0.3) is 16.4 Å². The Kier molecular flexibility index (Phi) is 5.13. The Morgan fingerprint density at radius 2 is 1.87 bits per heavy atom. The molecule has 0 unspecified atom stereocenters. The number of carbonyl (C=O) groups excluding carboxylic acids is 1. The van der Waals surface area contributed by atoms with Crippen molar-refractivity contribution < 1.29 is 14.3 Å². The number of nitrogens with zero attached hydrogens (tertiary/aromatic N) is 4. The third-order valence-electron chi connectivity index (χ3n) is 4.93. The van der Waals surface area contributed by atoms with Gasteiger partial charge in [-0.05, 0) is 35.7 Å². The van der Waals surface area contributed by atoms with Crippen molar-refractivity contribution in [3.8, 4) is 27.9 Å². The number of rotatable bonds is 5. The van der Waals surface area contributed by atoms with E-state index < -0.39 is 0 Å². The van der Waals surface area contributed by atoms with Crippen molar-refractivity contribution in [2.24, 2.45) is 0 Å². The molecule has 0 spiro atoms. The molecule has 0 aliphatic carbocycles. The second-order valence-electron chi connectivity index (χ2n) is 7.17. The summed E-state index contributed by atoms with van der Waals surface area (Å²) in [6, 6.07) is 21.1. The van der Waals surface area contributed by atoms with E-state index in [1.54, 1.807) is 28.0 Å². The molecule has 1 amide bonds. The van der Waals surface area contributed by atoms with E-state index in [1.165, 1.54) is 0 Å². The molecule has 7 nitrogen and oxygen atoms in total. The van der Waals surface area contributed by atoms with Gasteiger partial charge in [0.05, 0.1) is 17.1 Å². The lowest BCUT2D eigenvalue weighted by molar-refractivity contribution is 0.0513. The van der Waals surface area contributed by atoms with E-state index in [2.05, 4.69) is 10.1 Å². The molecule has 0 N–H and O–H groups in total. The Morgan fingerprint density at radius 1 is 1.10 bits per heavy atom. The van der Waals surface area contributed by atoms with Gasteiger partial charge in [0.15, 0.2) is 23.4 Å². The number of carbonyl (C=O) groups is 1. The minimum absolute atomic E-state index is 0.145. The number of fused-ring (bicyclic) bond motifs is 1. The van der Waals surface area contributed by atoms with Crippen LogP contribution in [0.1, 0.15) is 10.6 Å². The summed E-state index contributed by atoms with van der Waals surface area (Å²) in [5.41, 5.74) is 0.848. The second kappa shape index (κ2) is 8.23. The second-order valence-corrected chi connectivity index (χ2v) is 8.11. The predicted molar refractivity (Wildman–Crippen MR) is 118 cm³/mol. The first-order valence-corrected chi connectivity index (χ1v) is 10.8. The van der Waals surface area contributed by atoms with E-state index >= 15 is 0 Å². The van der Waals surface area contributed by atoms with Gasteiger partial charge >= 0.3 is 0 Å². The summed E-state index contributed by atoms with van der Waals surface area (Å²) in [5, 5.41) is 6.51. The highest BCUT2D eigenvalue weighted by molar-refractivity contribution is 7.13. The van der Waals surface area contributed by atoms with Crippen molar-refractivity contribution in [2.45, 2.75) is 6.10 Å². The minimum Gasteiger partial charge on any atom is -0.486 e. The molecule has 5 rings (SSSR count). The van der Waals surface area contributed by atoms with Crippen LogP contribution in [0.15, 0.2) is 72.1 Å². The van der Waals surface area contributed by atoms with Crippen molar-refractivity contribution >= 4 is 17.2 Å². The summed E-state index contributed by atoms with van der Waals surface area (Å²) in [6.45, 7) is 0.738. The van der Waals surface area contributed by atoms with Gasteiger partial charge in [-0.2, -0.15) is 0 Å². The molecular weight excluding hydrogens is 412 g/mol. The standard InChI is InChI=1S/C23H20N4O3S/c1-26(14-17-15-29-18-10-5-6-11-19(18)30-17)23(28)21-24-22(20-12-7-13-31-20)27(25-21)16-8-3-2-4-9-16/h2-13,17H,14-15H2,1H3/t17-/m0/s1. The largest absolute Gasteiger partial charge is 0.486 e. The number of hydrogen-bond donors (Lipinski definition) is 0. The first-order valence-electron chi connectivity index (χ1n) is 9.89. The van der Waals surface area contributed by atoms with Crippen molar-refractivity contribution in [1.29, 1.82) is 0 Å². The van der Waals surface area contributed by atoms with Crippen LogP contribution in [0.2, 0.25) is 0 Å². The number of ether oxygens (including phenoxy) is 2. The lowest BCUT2D eigenvalue weighted by atomic mass is 10.2. The molecule has 8 heteroatoms. The van der Waals surface area contributed by atoms with E-state index in [4.69, 9.17) is 9.47 Å². The maximum Gasteiger partial charge on any atom is 0.293 e. The fourth-order valence-electron chi connectivity index (χ4n) is 3.43. The summed E-state index contributed by atoms with van der Waals surface area (Å²) in [5.74, 6) is 1.92. The fourth-order valence-corrected chi connectivity index (χ4v) is 4.13. The molecule has 3 heterocycles. The predicted octanol–water partition coefficient (Wildman–Crippen LogP) is 3.91. The average Bonchev–Trinajstić information content (AvgIpc) is 3.49. The van der Waals surface area contributed by atoms with Gasteiger partial charge in [-0.15, -0.1) is 16.4 Å². The van der Waals surface area contributed by atoms with Crippen LogP contribution in [0.5, 0.6) is 11.5 Å². The maximum absolute atomic E-state index is 13.1. The first-order chi connectivity index (χ1) is 15.2. The fraction of sp³-hybridized carbons (Fsp3) is 0.174. The smallest absolute Gasteiger partial charge is 0.293 e. The Morgan fingerprint density at radius 3 is 2.65 bits per heavy atom. The highest BCUT2D eigenvalue weighted by Crippen LogP contribution is 2.31. The number of amides is 1. The highest BCUT2D eigenvalue weighted by atomic mass is 32.1. The Labute approximate surface area is 183 Å². The number of para-hydroxylation sites is 3. The maximum atomic E-state index is 13.1. The van der Waals surface area contributed by atoms with Gasteiger partial charge in [0.1, 0.15) is 6.61 Å². The molecule has 1 atom stereocenters. The summed E-state index contributed by atoms with van der Waals surface area (Å²) in [6.07, 6.45) is -0.267. The topological polar surface area (TPSA) is 69.5 Å².